The van der Waals surface area contributed by atoms with Crippen molar-refractivity contribution in [2.75, 3.05) is 7.11 Å². The Balaban J connectivity index is 3.21. The molecule has 0 spiro atoms. The second-order valence-corrected chi connectivity index (χ2v) is 4.09. The average Bonchev–Trinajstić information content (AvgIpc) is 2.27. The number of hydrogen-bond acceptors (Lipinski definition) is 5. The van der Waals surface area contributed by atoms with Crippen LogP contribution in [-0.4, -0.2) is 34.9 Å². The van der Waals surface area contributed by atoms with Crippen LogP contribution in [0.3, 0.4) is 0 Å². The van der Waals surface area contributed by atoms with E-state index in [9.17, 15) is 14.7 Å². The fraction of sp³-hybridized carbons (Fsp3) is 0.333. The first-order valence-corrected chi connectivity index (χ1v) is 5.12. The molecule has 1 rings (SSSR count). The van der Waals surface area contributed by atoms with Crippen LogP contribution >= 0.6 is 0 Å². The summed E-state index contributed by atoms with van der Waals surface area (Å²) in [5.74, 6) is -2.34. The van der Waals surface area contributed by atoms with Gasteiger partial charge in [0.2, 0.25) is 0 Å². The number of aromatic carboxylic acids is 1. The fourth-order valence-electron chi connectivity index (χ4n) is 1.17. The van der Waals surface area contributed by atoms with Crippen molar-refractivity contribution in [1.29, 1.82) is 0 Å². The van der Waals surface area contributed by atoms with E-state index in [4.69, 9.17) is 14.6 Å². The van der Waals surface area contributed by atoms with Crippen LogP contribution in [0.5, 0.6) is 11.5 Å². The molecule has 1 aromatic carbocycles. The Bertz CT molecular complexity index is 472. The first kappa shape index (κ1) is 14.0. The molecule has 0 aliphatic rings. The maximum Gasteiger partial charge on any atom is 0.343 e. The Hall–Kier alpha value is -2.08. The summed E-state index contributed by atoms with van der Waals surface area (Å²) in [7, 11) is 1.32. The molecule has 0 saturated heterocycles. The molecule has 0 bridgehead atoms. The Morgan fingerprint density at radius 3 is 2.33 bits per heavy atom. The van der Waals surface area contributed by atoms with Crippen molar-refractivity contribution in [3.8, 4) is 11.5 Å². The van der Waals surface area contributed by atoms with E-state index in [1.165, 1.54) is 39.2 Å². The normalized spacial score (nSPS) is 10.9. The highest BCUT2D eigenvalue weighted by molar-refractivity contribution is 5.94. The Morgan fingerprint density at radius 2 is 1.89 bits per heavy atom. The highest BCUT2D eigenvalue weighted by atomic mass is 16.6. The zero-order chi connectivity index (χ0) is 13.9. The number of carboxylic acids is 1. The molecular weight excluding hydrogens is 240 g/mol. The predicted octanol–water partition coefficient (Wildman–Crippen LogP) is 1.07. The molecule has 6 heteroatoms. The van der Waals surface area contributed by atoms with Gasteiger partial charge >= 0.3 is 11.9 Å². The number of carbonyl (C=O) groups is 2. The number of carbonyl (C=O) groups excluding carboxylic acids is 1. The predicted molar refractivity (Wildman–Crippen MR) is 61.9 cm³/mol. The lowest BCUT2D eigenvalue weighted by Crippen LogP contribution is -2.35. The molecule has 0 aliphatic carbocycles. The number of para-hydroxylation sites is 1. The van der Waals surface area contributed by atoms with Crippen molar-refractivity contribution < 1.29 is 29.3 Å². The number of ether oxygens (including phenoxy) is 2. The van der Waals surface area contributed by atoms with Gasteiger partial charge < -0.3 is 19.7 Å². The summed E-state index contributed by atoms with van der Waals surface area (Å²) < 4.78 is 9.83. The summed E-state index contributed by atoms with van der Waals surface area (Å²) in [5, 5.41) is 18.5. The molecule has 0 heterocycles. The van der Waals surface area contributed by atoms with Crippen LogP contribution in [-0.2, 0) is 4.79 Å². The number of methoxy groups -OCH3 is 1. The van der Waals surface area contributed by atoms with Crippen molar-refractivity contribution in [3.05, 3.63) is 23.8 Å². The van der Waals surface area contributed by atoms with Gasteiger partial charge in [-0.3, -0.25) is 0 Å². The molecule has 0 saturated carbocycles. The molecule has 0 radical (unpaired) electrons. The third kappa shape index (κ3) is 2.98. The van der Waals surface area contributed by atoms with E-state index in [1.54, 1.807) is 0 Å². The molecule has 0 unspecified atom stereocenters. The molecule has 2 N–H and O–H groups in total. The third-order valence-corrected chi connectivity index (χ3v) is 2.12. The minimum atomic E-state index is -1.73. The van der Waals surface area contributed by atoms with Crippen molar-refractivity contribution >= 4 is 11.9 Å². The lowest BCUT2D eigenvalue weighted by molar-refractivity contribution is -0.151. The number of esters is 1. The highest BCUT2D eigenvalue weighted by Crippen LogP contribution is 2.32. The first-order chi connectivity index (χ1) is 8.27. The largest absolute Gasteiger partial charge is 0.493 e. The zero-order valence-electron chi connectivity index (χ0n) is 10.3. The third-order valence-electron chi connectivity index (χ3n) is 2.12. The van der Waals surface area contributed by atoms with Gasteiger partial charge in [0.1, 0.15) is 5.56 Å². The summed E-state index contributed by atoms with van der Waals surface area (Å²) in [6.07, 6.45) is 0. The SMILES string of the molecule is COc1cccc(C(=O)O)c1OC(=O)C(C)(C)O. The number of aliphatic hydroxyl groups is 1. The van der Waals surface area contributed by atoms with E-state index >= 15 is 0 Å². The molecule has 98 valence electrons. The van der Waals surface area contributed by atoms with Crippen LogP contribution in [0, 0.1) is 0 Å². The van der Waals surface area contributed by atoms with Gasteiger partial charge in [0.25, 0.3) is 0 Å². The number of hydrogen-bond donors (Lipinski definition) is 2. The first-order valence-electron chi connectivity index (χ1n) is 5.12. The standard InChI is InChI=1S/C12H14O6/c1-12(2,16)11(15)18-9-7(10(13)14)5-4-6-8(9)17-3/h4-6,16H,1-3H3,(H,13,14). The maximum atomic E-state index is 11.6. The van der Waals surface area contributed by atoms with Gasteiger partial charge in [0, 0.05) is 0 Å². The van der Waals surface area contributed by atoms with Crippen LogP contribution in [0.25, 0.3) is 0 Å². The van der Waals surface area contributed by atoms with E-state index in [1.807, 2.05) is 0 Å². The molecular formula is C12H14O6. The van der Waals surface area contributed by atoms with Crippen molar-refractivity contribution in [1.82, 2.24) is 0 Å². The van der Waals surface area contributed by atoms with E-state index in [0.29, 0.717) is 0 Å². The second kappa shape index (κ2) is 5.05. The quantitative estimate of drug-likeness (QED) is 0.616. The molecule has 1 aromatic rings. The molecule has 0 aliphatic heterocycles. The van der Waals surface area contributed by atoms with Crippen LogP contribution in [0.2, 0.25) is 0 Å². The van der Waals surface area contributed by atoms with Gasteiger partial charge in [0.15, 0.2) is 17.1 Å². The molecule has 18 heavy (non-hydrogen) atoms. The van der Waals surface area contributed by atoms with Gasteiger partial charge in [-0.05, 0) is 26.0 Å². The van der Waals surface area contributed by atoms with Crippen LogP contribution in [0.1, 0.15) is 24.2 Å². The number of rotatable bonds is 4. The van der Waals surface area contributed by atoms with Crippen molar-refractivity contribution in [2.45, 2.75) is 19.4 Å². The highest BCUT2D eigenvalue weighted by Gasteiger charge is 2.29. The summed E-state index contributed by atoms with van der Waals surface area (Å²) >= 11 is 0. The van der Waals surface area contributed by atoms with E-state index in [2.05, 4.69) is 0 Å². The second-order valence-electron chi connectivity index (χ2n) is 4.09. The van der Waals surface area contributed by atoms with Gasteiger partial charge in [-0.25, -0.2) is 9.59 Å². The van der Waals surface area contributed by atoms with E-state index in [-0.39, 0.29) is 17.1 Å². The lowest BCUT2D eigenvalue weighted by Gasteiger charge is -2.17. The van der Waals surface area contributed by atoms with Gasteiger partial charge in [0.05, 0.1) is 7.11 Å². The zero-order valence-corrected chi connectivity index (χ0v) is 10.3. The maximum absolute atomic E-state index is 11.6. The monoisotopic (exact) mass is 254 g/mol. The molecule has 0 atom stereocenters. The molecule has 0 aromatic heterocycles. The van der Waals surface area contributed by atoms with Gasteiger partial charge in [-0.2, -0.15) is 0 Å². The summed E-state index contributed by atoms with van der Waals surface area (Å²) in [6.45, 7) is 2.48. The van der Waals surface area contributed by atoms with Gasteiger partial charge in [-0.1, -0.05) is 6.07 Å². The van der Waals surface area contributed by atoms with Crippen molar-refractivity contribution in [2.24, 2.45) is 0 Å². The summed E-state index contributed by atoms with van der Waals surface area (Å²) in [6, 6.07) is 4.20. The Morgan fingerprint density at radius 1 is 1.28 bits per heavy atom. The van der Waals surface area contributed by atoms with Crippen molar-refractivity contribution in [3.63, 3.8) is 0 Å². The average molecular weight is 254 g/mol. The minimum absolute atomic E-state index is 0.104. The minimum Gasteiger partial charge on any atom is -0.493 e. The number of benzene rings is 1. The molecule has 0 fully saturated rings. The molecule has 6 nitrogen and oxygen atoms in total. The van der Waals surface area contributed by atoms with Gasteiger partial charge in [-0.15, -0.1) is 0 Å². The van der Waals surface area contributed by atoms with Crippen LogP contribution in [0.4, 0.5) is 0 Å². The lowest BCUT2D eigenvalue weighted by atomic mass is 10.1. The van der Waals surface area contributed by atoms with E-state index in [0.717, 1.165) is 0 Å². The Kier molecular flexibility index (Phi) is 3.93. The summed E-state index contributed by atoms with van der Waals surface area (Å²) in [4.78, 5) is 22.6. The topological polar surface area (TPSA) is 93.1 Å². The number of carboxylic acid groups (broad SMARTS) is 1. The van der Waals surface area contributed by atoms with Crippen LogP contribution < -0.4 is 9.47 Å². The fourth-order valence-corrected chi connectivity index (χ4v) is 1.17. The van der Waals surface area contributed by atoms with E-state index < -0.39 is 17.5 Å². The smallest absolute Gasteiger partial charge is 0.343 e. The van der Waals surface area contributed by atoms with Crippen LogP contribution in [0.15, 0.2) is 18.2 Å². The Labute approximate surface area is 104 Å². The molecule has 0 amide bonds. The summed E-state index contributed by atoms with van der Waals surface area (Å²) in [5.41, 5.74) is -1.94.